The van der Waals surface area contributed by atoms with Crippen LogP contribution in [0.15, 0.2) is 36.4 Å². The normalized spacial score (nSPS) is 33.3. The summed E-state index contributed by atoms with van der Waals surface area (Å²) in [6, 6.07) is 8.89. The first-order valence-electron chi connectivity index (χ1n) is 6.94. The van der Waals surface area contributed by atoms with E-state index in [1.807, 2.05) is 0 Å². The number of carbonyl (C=O) groups excluding carboxylic acids is 1. The van der Waals surface area contributed by atoms with Gasteiger partial charge in [0.25, 0.3) is 0 Å². The molecule has 0 unspecified atom stereocenters. The molecule has 18 heavy (non-hydrogen) atoms. The van der Waals surface area contributed by atoms with Crippen molar-refractivity contribution in [3.05, 3.63) is 47.5 Å². The SMILES string of the molecule is CC(C)c1ccc([C@@H]2[C@@H](C=O)[C@@H]3C=C[C@H]2C3)cc1. The van der Waals surface area contributed by atoms with Crippen molar-refractivity contribution in [1.82, 2.24) is 0 Å². The number of aldehydes is 1. The number of fused-ring (bicyclic) bond motifs is 2. The molecule has 0 radical (unpaired) electrons. The Morgan fingerprint density at radius 3 is 2.39 bits per heavy atom. The summed E-state index contributed by atoms with van der Waals surface area (Å²) in [5.74, 6) is 2.25. The van der Waals surface area contributed by atoms with Gasteiger partial charge < -0.3 is 4.79 Å². The summed E-state index contributed by atoms with van der Waals surface area (Å²) >= 11 is 0. The summed E-state index contributed by atoms with van der Waals surface area (Å²) in [5.41, 5.74) is 2.72. The molecule has 0 N–H and O–H groups in total. The summed E-state index contributed by atoms with van der Waals surface area (Å²) in [6.07, 6.45) is 6.89. The Morgan fingerprint density at radius 1 is 1.11 bits per heavy atom. The Hall–Kier alpha value is -1.37. The molecule has 1 fully saturated rings. The van der Waals surface area contributed by atoms with Crippen molar-refractivity contribution in [2.45, 2.75) is 32.1 Å². The van der Waals surface area contributed by atoms with Crippen LogP contribution in [0.1, 0.15) is 43.2 Å². The van der Waals surface area contributed by atoms with Crippen LogP contribution < -0.4 is 0 Å². The lowest BCUT2D eigenvalue weighted by Gasteiger charge is -2.24. The fourth-order valence-electron chi connectivity index (χ4n) is 3.62. The first-order chi connectivity index (χ1) is 8.70. The molecule has 3 rings (SSSR count). The van der Waals surface area contributed by atoms with Crippen LogP contribution in [-0.2, 0) is 4.79 Å². The number of rotatable bonds is 3. The van der Waals surface area contributed by atoms with Crippen molar-refractivity contribution in [2.24, 2.45) is 17.8 Å². The van der Waals surface area contributed by atoms with Gasteiger partial charge in [-0.15, -0.1) is 0 Å². The van der Waals surface area contributed by atoms with E-state index >= 15 is 0 Å². The van der Waals surface area contributed by atoms with Crippen LogP contribution in [0.25, 0.3) is 0 Å². The Labute approximate surface area is 109 Å². The molecule has 1 saturated carbocycles. The number of hydrogen-bond donors (Lipinski definition) is 0. The van der Waals surface area contributed by atoms with Gasteiger partial charge in [-0.3, -0.25) is 0 Å². The average molecular weight is 240 g/mol. The van der Waals surface area contributed by atoms with Gasteiger partial charge in [-0.1, -0.05) is 50.3 Å². The van der Waals surface area contributed by atoms with E-state index in [1.54, 1.807) is 0 Å². The monoisotopic (exact) mass is 240 g/mol. The second kappa shape index (κ2) is 4.38. The summed E-state index contributed by atoms with van der Waals surface area (Å²) < 4.78 is 0. The lowest BCUT2D eigenvalue weighted by Crippen LogP contribution is -2.18. The minimum Gasteiger partial charge on any atom is -0.303 e. The van der Waals surface area contributed by atoms with Gasteiger partial charge in [0, 0.05) is 11.8 Å². The molecule has 2 aliphatic rings. The van der Waals surface area contributed by atoms with Crippen LogP contribution in [0.2, 0.25) is 0 Å². The lowest BCUT2D eigenvalue weighted by atomic mass is 9.79. The average Bonchev–Trinajstić information content (AvgIpc) is 2.98. The Balaban J connectivity index is 1.90. The van der Waals surface area contributed by atoms with E-state index in [9.17, 15) is 4.79 Å². The highest BCUT2D eigenvalue weighted by Gasteiger charge is 2.44. The quantitative estimate of drug-likeness (QED) is 0.578. The third-order valence-corrected chi connectivity index (χ3v) is 4.67. The van der Waals surface area contributed by atoms with Crippen molar-refractivity contribution in [3.8, 4) is 0 Å². The number of hydrogen-bond acceptors (Lipinski definition) is 1. The molecule has 0 aromatic heterocycles. The predicted molar refractivity (Wildman–Crippen MR) is 73.6 cm³/mol. The molecular weight excluding hydrogens is 220 g/mol. The standard InChI is InChI=1S/C17H20O/c1-11(2)12-3-5-13(6-4-12)17-15-8-7-14(9-15)16(17)10-18/h3-8,10-11,14-17H,9H2,1-2H3/t14-,15+,16+,17+/m1/s1. The van der Waals surface area contributed by atoms with Crippen molar-refractivity contribution in [3.63, 3.8) is 0 Å². The number of carbonyl (C=O) groups is 1. The molecule has 0 spiro atoms. The van der Waals surface area contributed by atoms with E-state index in [0.717, 1.165) is 0 Å². The second-order valence-electron chi connectivity index (χ2n) is 6.01. The van der Waals surface area contributed by atoms with E-state index < -0.39 is 0 Å². The van der Waals surface area contributed by atoms with Gasteiger partial charge in [0.1, 0.15) is 6.29 Å². The van der Waals surface area contributed by atoms with Crippen molar-refractivity contribution in [1.29, 1.82) is 0 Å². The number of benzene rings is 1. The fraction of sp³-hybridized carbons (Fsp3) is 0.471. The first-order valence-corrected chi connectivity index (χ1v) is 6.94. The van der Waals surface area contributed by atoms with Crippen LogP contribution in [0.5, 0.6) is 0 Å². The molecule has 1 nitrogen and oxygen atoms in total. The highest BCUT2D eigenvalue weighted by atomic mass is 16.1. The van der Waals surface area contributed by atoms with E-state index in [2.05, 4.69) is 50.3 Å². The molecule has 4 atom stereocenters. The molecule has 2 aliphatic carbocycles. The van der Waals surface area contributed by atoms with Gasteiger partial charge in [-0.2, -0.15) is 0 Å². The van der Waals surface area contributed by atoms with E-state index in [-0.39, 0.29) is 5.92 Å². The maximum Gasteiger partial charge on any atom is 0.124 e. The zero-order valence-electron chi connectivity index (χ0n) is 11.0. The van der Waals surface area contributed by atoms with E-state index in [0.29, 0.717) is 23.7 Å². The number of allylic oxidation sites excluding steroid dienone is 2. The van der Waals surface area contributed by atoms with Crippen LogP contribution in [-0.4, -0.2) is 6.29 Å². The summed E-state index contributed by atoms with van der Waals surface area (Å²) in [6.45, 7) is 4.42. The molecule has 0 aliphatic heterocycles. The molecule has 0 heterocycles. The van der Waals surface area contributed by atoms with Crippen LogP contribution in [0, 0.1) is 17.8 Å². The molecule has 1 heteroatoms. The van der Waals surface area contributed by atoms with Gasteiger partial charge in [0.05, 0.1) is 0 Å². The van der Waals surface area contributed by atoms with Gasteiger partial charge >= 0.3 is 0 Å². The predicted octanol–water partition coefficient (Wildman–Crippen LogP) is 3.91. The molecule has 0 amide bonds. The van der Waals surface area contributed by atoms with Gasteiger partial charge in [-0.25, -0.2) is 0 Å². The fourth-order valence-corrected chi connectivity index (χ4v) is 3.62. The summed E-state index contributed by atoms with van der Waals surface area (Å²) in [7, 11) is 0. The van der Waals surface area contributed by atoms with Gasteiger partial charge in [-0.05, 0) is 35.3 Å². The molecule has 0 saturated heterocycles. The topological polar surface area (TPSA) is 17.1 Å². The van der Waals surface area contributed by atoms with E-state index in [1.165, 1.54) is 23.8 Å². The largest absolute Gasteiger partial charge is 0.303 e. The van der Waals surface area contributed by atoms with Crippen molar-refractivity contribution in [2.75, 3.05) is 0 Å². The third-order valence-electron chi connectivity index (χ3n) is 4.67. The van der Waals surface area contributed by atoms with Crippen molar-refractivity contribution >= 4 is 6.29 Å². The zero-order chi connectivity index (χ0) is 12.7. The Bertz CT molecular complexity index is 469. The Morgan fingerprint density at radius 2 is 1.78 bits per heavy atom. The van der Waals surface area contributed by atoms with E-state index in [4.69, 9.17) is 0 Å². The maximum atomic E-state index is 11.3. The van der Waals surface area contributed by atoms with Crippen LogP contribution in [0.3, 0.4) is 0 Å². The van der Waals surface area contributed by atoms with Gasteiger partial charge in [0.15, 0.2) is 0 Å². The molecule has 1 aromatic rings. The first kappa shape index (κ1) is 11.7. The minimum absolute atomic E-state index is 0.199. The molecule has 1 aromatic carbocycles. The second-order valence-corrected chi connectivity index (χ2v) is 6.01. The Kier molecular flexibility index (Phi) is 2.85. The summed E-state index contributed by atoms with van der Waals surface area (Å²) in [5, 5.41) is 0. The van der Waals surface area contributed by atoms with Gasteiger partial charge in [0.2, 0.25) is 0 Å². The maximum absolute atomic E-state index is 11.3. The zero-order valence-corrected chi connectivity index (χ0v) is 11.0. The lowest BCUT2D eigenvalue weighted by molar-refractivity contribution is -0.112. The summed E-state index contributed by atoms with van der Waals surface area (Å²) in [4.78, 5) is 11.3. The molecule has 94 valence electrons. The molecule has 2 bridgehead atoms. The van der Waals surface area contributed by atoms with Crippen LogP contribution >= 0.6 is 0 Å². The third kappa shape index (κ3) is 1.73. The minimum atomic E-state index is 0.199. The molecular formula is C17H20O. The highest BCUT2D eigenvalue weighted by molar-refractivity contribution is 5.60. The highest BCUT2D eigenvalue weighted by Crippen LogP contribution is 2.52. The van der Waals surface area contributed by atoms with Crippen molar-refractivity contribution < 1.29 is 4.79 Å². The smallest absolute Gasteiger partial charge is 0.124 e. The van der Waals surface area contributed by atoms with Crippen LogP contribution in [0.4, 0.5) is 0 Å².